The second-order valence-electron chi connectivity index (χ2n) is 12.9. The molecule has 12 heteroatoms. The molecular formula is C38H36N8O4. The molecule has 8 rings (SSSR count). The molecule has 3 aliphatic rings. The van der Waals surface area contributed by atoms with Gasteiger partial charge < -0.3 is 14.8 Å². The van der Waals surface area contributed by atoms with Gasteiger partial charge in [0.1, 0.15) is 17.6 Å². The van der Waals surface area contributed by atoms with E-state index in [-0.39, 0.29) is 29.9 Å². The lowest BCUT2D eigenvalue weighted by Crippen LogP contribution is -2.50. The number of hydrogen-bond acceptors (Lipinski definition) is 10. The molecule has 4 heterocycles. The molecule has 3 aromatic carbocycles. The summed E-state index contributed by atoms with van der Waals surface area (Å²) in [7, 11) is 0. The second-order valence-corrected chi connectivity index (χ2v) is 12.9. The van der Waals surface area contributed by atoms with Crippen LogP contribution >= 0.6 is 0 Å². The highest BCUT2D eigenvalue weighted by Gasteiger charge is 2.35. The third-order valence-electron chi connectivity index (χ3n) is 9.56. The number of fused-ring (bicyclic) bond motifs is 1. The smallest absolute Gasteiger partial charge is 0.243 e. The van der Waals surface area contributed by atoms with Crippen LogP contribution in [0.2, 0.25) is 0 Å². The largest absolute Gasteiger partial charge is 0.490 e. The highest BCUT2D eigenvalue weighted by atomic mass is 16.5. The summed E-state index contributed by atoms with van der Waals surface area (Å²) in [6, 6.07) is 26.1. The van der Waals surface area contributed by atoms with Crippen molar-refractivity contribution in [3.8, 4) is 23.2 Å². The SMILES string of the molecule is C=C[C@@H](c1ccc(Oc2ccc(-n3nccn3)nn2)cc1)c1ccc(OC2CC(Nc3ccc4c(c3)CN(C3CCC(=O)NC3=O)C4)C2)cc1. The van der Waals surface area contributed by atoms with Crippen LogP contribution in [0.5, 0.6) is 17.4 Å². The van der Waals surface area contributed by atoms with Crippen molar-refractivity contribution in [2.45, 2.75) is 62.9 Å². The molecule has 2 amide bonds. The number of imide groups is 1. The number of benzene rings is 3. The number of piperidine rings is 1. The van der Waals surface area contributed by atoms with Gasteiger partial charge in [-0.3, -0.25) is 19.8 Å². The van der Waals surface area contributed by atoms with Gasteiger partial charge >= 0.3 is 0 Å². The van der Waals surface area contributed by atoms with Gasteiger partial charge in [0.2, 0.25) is 17.7 Å². The van der Waals surface area contributed by atoms with Crippen LogP contribution in [0.15, 0.2) is 104 Å². The summed E-state index contributed by atoms with van der Waals surface area (Å²) in [6.45, 7) is 5.53. The Kier molecular flexibility index (Phi) is 8.51. The molecule has 2 aromatic heterocycles. The zero-order valence-electron chi connectivity index (χ0n) is 27.3. The summed E-state index contributed by atoms with van der Waals surface area (Å²) in [6.07, 6.45) is 8.06. The topological polar surface area (TPSA) is 136 Å². The Labute approximate surface area is 289 Å². The van der Waals surface area contributed by atoms with E-state index in [4.69, 9.17) is 9.47 Å². The number of allylic oxidation sites excluding steroid dienone is 1. The third kappa shape index (κ3) is 6.70. The molecular weight excluding hydrogens is 632 g/mol. The van der Waals surface area contributed by atoms with Crippen LogP contribution in [0, 0.1) is 0 Å². The molecule has 1 saturated heterocycles. The van der Waals surface area contributed by atoms with Crippen LogP contribution in [-0.4, -0.2) is 60.1 Å². The first-order valence-corrected chi connectivity index (χ1v) is 16.8. The van der Waals surface area contributed by atoms with Crippen molar-refractivity contribution in [2.24, 2.45) is 0 Å². The highest BCUT2D eigenvalue weighted by molar-refractivity contribution is 6.00. The molecule has 252 valence electrons. The summed E-state index contributed by atoms with van der Waals surface area (Å²) in [5.41, 5.74) is 5.77. The fourth-order valence-electron chi connectivity index (χ4n) is 6.86. The molecule has 2 atom stereocenters. The zero-order chi connectivity index (χ0) is 34.0. The predicted octanol–water partition coefficient (Wildman–Crippen LogP) is 5.31. The molecule has 0 bridgehead atoms. The van der Waals surface area contributed by atoms with Crippen molar-refractivity contribution in [3.63, 3.8) is 0 Å². The molecule has 12 nitrogen and oxygen atoms in total. The van der Waals surface area contributed by atoms with Crippen molar-refractivity contribution in [3.05, 3.63) is 126 Å². The fourth-order valence-corrected chi connectivity index (χ4v) is 6.86. The van der Waals surface area contributed by atoms with E-state index in [1.807, 2.05) is 42.5 Å². The van der Waals surface area contributed by atoms with Gasteiger partial charge in [-0.15, -0.1) is 21.6 Å². The van der Waals surface area contributed by atoms with Crippen LogP contribution in [0.4, 0.5) is 5.69 Å². The van der Waals surface area contributed by atoms with E-state index < -0.39 is 0 Å². The number of hydrogen-bond donors (Lipinski definition) is 2. The van der Waals surface area contributed by atoms with Crippen molar-refractivity contribution >= 4 is 17.5 Å². The number of nitrogens with zero attached hydrogens (tertiary/aromatic N) is 6. The van der Waals surface area contributed by atoms with Gasteiger partial charge in [0.15, 0.2) is 5.82 Å². The predicted molar refractivity (Wildman–Crippen MR) is 185 cm³/mol. The molecule has 0 spiro atoms. The van der Waals surface area contributed by atoms with Gasteiger partial charge in [-0.2, -0.15) is 10.2 Å². The van der Waals surface area contributed by atoms with Gasteiger partial charge in [-0.05, 0) is 71.1 Å². The second kappa shape index (κ2) is 13.6. The van der Waals surface area contributed by atoms with E-state index in [9.17, 15) is 9.59 Å². The van der Waals surface area contributed by atoms with Gasteiger partial charge in [0.25, 0.3) is 0 Å². The molecule has 1 aliphatic carbocycles. The Morgan fingerprint density at radius 3 is 2.26 bits per heavy atom. The van der Waals surface area contributed by atoms with Crippen molar-refractivity contribution < 1.29 is 19.1 Å². The number of amides is 2. The molecule has 1 unspecified atom stereocenters. The number of carbonyl (C=O) groups is 2. The molecule has 2 N–H and O–H groups in total. The van der Waals surface area contributed by atoms with Crippen molar-refractivity contribution in [1.29, 1.82) is 0 Å². The van der Waals surface area contributed by atoms with Crippen LogP contribution in [0.25, 0.3) is 5.82 Å². The lowest BCUT2D eigenvalue weighted by molar-refractivity contribution is -0.137. The Bertz CT molecular complexity index is 1990. The fraction of sp³-hybridized carbons (Fsp3) is 0.263. The Balaban J connectivity index is 0.810. The number of anilines is 1. The minimum Gasteiger partial charge on any atom is -0.490 e. The average Bonchev–Trinajstić information content (AvgIpc) is 3.80. The Morgan fingerprint density at radius 1 is 0.860 bits per heavy atom. The first-order chi connectivity index (χ1) is 24.5. The third-order valence-corrected chi connectivity index (χ3v) is 9.56. The molecule has 2 fully saturated rings. The minimum atomic E-state index is -0.247. The maximum absolute atomic E-state index is 12.4. The van der Waals surface area contributed by atoms with E-state index in [0.717, 1.165) is 42.0 Å². The lowest BCUT2D eigenvalue weighted by atomic mass is 9.88. The first kappa shape index (κ1) is 31.4. The number of rotatable bonds is 11. The van der Waals surface area contributed by atoms with Crippen LogP contribution in [0.3, 0.4) is 0 Å². The summed E-state index contributed by atoms with van der Waals surface area (Å²) in [4.78, 5) is 27.5. The van der Waals surface area contributed by atoms with E-state index >= 15 is 0 Å². The lowest BCUT2D eigenvalue weighted by Gasteiger charge is -2.36. The molecule has 1 saturated carbocycles. The number of ether oxygens (including phenoxy) is 2. The van der Waals surface area contributed by atoms with E-state index in [1.165, 1.54) is 15.9 Å². The van der Waals surface area contributed by atoms with Crippen LogP contribution in [0.1, 0.15) is 53.9 Å². The van der Waals surface area contributed by atoms with E-state index in [0.29, 0.717) is 42.9 Å². The number of nitrogens with one attached hydrogen (secondary N) is 2. The number of aromatic nitrogens is 5. The molecule has 2 aliphatic heterocycles. The Hall–Kier alpha value is -5.88. The monoisotopic (exact) mass is 668 g/mol. The summed E-state index contributed by atoms with van der Waals surface area (Å²) in [5, 5.41) is 22.5. The van der Waals surface area contributed by atoms with E-state index in [1.54, 1.807) is 24.5 Å². The summed E-state index contributed by atoms with van der Waals surface area (Å²) in [5.74, 6) is 2.04. The van der Waals surface area contributed by atoms with Gasteiger partial charge in [0.05, 0.1) is 18.4 Å². The number of carbonyl (C=O) groups excluding carboxylic acids is 2. The maximum atomic E-state index is 12.4. The molecule has 0 radical (unpaired) electrons. The standard InChI is InChI=1S/C38H36N8O4/c1-2-33(25-6-11-31(12-7-25)50-37-16-14-35(43-44-37)46-39-17-18-40-46)24-4-9-30(10-5-24)49-32-20-29(21-32)41-28-8-3-26-22-45(23-27(26)19-28)34-13-15-36(47)42-38(34)48/h2-12,14,16-19,29,32-34,41H,1,13,15,20-23H2,(H,42,47,48)/t29?,32?,33-,34?/m1/s1. The summed E-state index contributed by atoms with van der Waals surface area (Å²) >= 11 is 0. The van der Waals surface area contributed by atoms with Gasteiger partial charge in [0, 0.05) is 56.1 Å². The van der Waals surface area contributed by atoms with E-state index in [2.05, 4.69) is 72.8 Å². The summed E-state index contributed by atoms with van der Waals surface area (Å²) < 4.78 is 12.2. The van der Waals surface area contributed by atoms with Crippen LogP contribution in [-0.2, 0) is 22.7 Å². The normalized spacial score (nSPS) is 20.7. The first-order valence-electron chi connectivity index (χ1n) is 16.8. The van der Waals surface area contributed by atoms with Gasteiger partial charge in [-0.1, -0.05) is 36.4 Å². The quantitative estimate of drug-likeness (QED) is 0.141. The minimum absolute atomic E-state index is 0.0134. The van der Waals surface area contributed by atoms with Crippen molar-refractivity contribution in [2.75, 3.05) is 5.32 Å². The van der Waals surface area contributed by atoms with Gasteiger partial charge in [-0.25, -0.2) is 0 Å². The highest BCUT2D eigenvalue weighted by Crippen LogP contribution is 2.34. The van der Waals surface area contributed by atoms with Crippen molar-refractivity contribution in [1.82, 2.24) is 35.4 Å². The molecule has 50 heavy (non-hydrogen) atoms. The molecule has 5 aromatic rings. The maximum Gasteiger partial charge on any atom is 0.243 e. The average molecular weight is 669 g/mol. The zero-order valence-corrected chi connectivity index (χ0v) is 27.3. The Morgan fingerprint density at radius 2 is 1.58 bits per heavy atom. The van der Waals surface area contributed by atoms with Crippen LogP contribution < -0.4 is 20.1 Å².